The van der Waals surface area contributed by atoms with Gasteiger partial charge in [0.1, 0.15) is 5.01 Å². The summed E-state index contributed by atoms with van der Waals surface area (Å²) in [6, 6.07) is 8.26. The van der Waals surface area contributed by atoms with Gasteiger partial charge in [-0.25, -0.2) is 4.98 Å². The van der Waals surface area contributed by atoms with Crippen LogP contribution in [0.5, 0.6) is 0 Å². The Bertz CT molecular complexity index is 973. The molecule has 2 aromatic rings. The Labute approximate surface area is 183 Å². The van der Waals surface area contributed by atoms with Gasteiger partial charge in [-0.15, -0.1) is 16.4 Å². The maximum Gasteiger partial charge on any atom is 0.211 e. The molecule has 1 unspecified atom stereocenters. The molecule has 1 fully saturated rings. The van der Waals surface area contributed by atoms with Crippen LogP contribution >= 0.6 is 11.3 Å². The number of nitrogens with two attached hydrogens (primary N) is 2. The lowest BCUT2D eigenvalue weighted by Gasteiger charge is -2.30. The number of aryl methyl sites for hydroxylation is 1. The van der Waals surface area contributed by atoms with Gasteiger partial charge in [-0.05, 0) is 51.3 Å². The fraction of sp³-hybridized carbons (Fsp3) is 0.435. The number of hydrogen-bond acceptors (Lipinski definition) is 5. The second kappa shape index (κ2) is 10.4. The number of piperidine rings is 1. The number of aromatic nitrogens is 1. The smallest absolute Gasteiger partial charge is 0.211 e. The van der Waals surface area contributed by atoms with E-state index in [2.05, 4.69) is 63.1 Å². The van der Waals surface area contributed by atoms with Crippen molar-refractivity contribution in [3.63, 3.8) is 0 Å². The predicted molar refractivity (Wildman–Crippen MR) is 127 cm³/mol. The molecule has 0 bridgehead atoms. The van der Waals surface area contributed by atoms with Gasteiger partial charge in [-0.1, -0.05) is 30.9 Å². The van der Waals surface area contributed by atoms with Crippen molar-refractivity contribution < 1.29 is 0 Å². The van der Waals surface area contributed by atoms with Crippen molar-refractivity contribution in [3.8, 4) is 22.4 Å². The third-order valence-electron chi connectivity index (χ3n) is 5.10. The van der Waals surface area contributed by atoms with Crippen LogP contribution in [0.15, 0.2) is 34.5 Å². The first-order valence-electron chi connectivity index (χ1n) is 10.3. The minimum absolute atomic E-state index is 0.0565. The molecule has 1 saturated heterocycles. The Morgan fingerprint density at radius 1 is 1.27 bits per heavy atom. The van der Waals surface area contributed by atoms with Crippen LogP contribution in [0.1, 0.15) is 49.2 Å². The minimum atomic E-state index is -0.0565. The standard InChI is InChI=1S/C23H30N6S/c1-16-7-6-14-29(15-16)13-5-4-8-19-9-11-20(12-10-19)22-26-17(2)21(30-22)18(3)27-28-23(24)25/h9-12,16H,5-7,13-15H2,1-3H3,(H4,24,25,28)/b27-18+. The number of benzene rings is 1. The van der Waals surface area contributed by atoms with Crippen LogP contribution in [-0.4, -0.2) is 41.2 Å². The number of hydrogen-bond donors (Lipinski definition) is 2. The molecular formula is C23H30N6S. The first kappa shape index (κ1) is 22.0. The Hall–Kier alpha value is -2.69. The molecule has 2 heterocycles. The summed E-state index contributed by atoms with van der Waals surface area (Å²) in [5.41, 5.74) is 14.5. The fourth-order valence-electron chi connectivity index (χ4n) is 3.60. The molecule has 1 atom stereocenters. The second-order valence-corrected chi connectivity index (χ2v) is 8.82. The van der Waals surface area contributed by atoms with Crippen LogP contribution in [0.2, 0.25) is 0 Å². The van der Waals surface area contributed by atoms with Crippen LogP contribution in [-0.2, 0) is 0 Å². The van der Waals surface area contributed by atoms with E-state index in [-0.39, 0.29) is 5.96 Å². The van der Waals surface area contributed by atoms with Crippen LogP contribution < -0.4 is 11.5 Å². The summed E-state index contributed by atoms with van der Waals surface area (Å²) in [6.45, 7) is 9.67. The highest BCUT2D eigenvalue weighted by molar-refractivity contribution is 7.17. The SMILES string of the molecule is C/C(=N\N=C(N)N)c1sc(-c2ccc(C#CCCN3CCCC(C)C3)cc2)nc1C. The number of likely N-dealkylation sites (tertiary alicyclic amines) is 1. The zero-order chi connectivity index (χ0) is 21.5. The van der Waals surface area contributed by atoms with Crippen molar-refractivity contribution in [1.29, 1.82) is 0 Å². The third kappa shape index (κ3) is 6.15. The van der Waals surface area contributed by atoms with Gasteiger partial charge in [0.05, 0.1) is 16.3 Å². The summed E-state index contributed by atoms with van der Waals surface area (Å²) in [4.78, 5) is 8.19. The highest BCUT2D eigenvalue weighted by Crippen LogP contribution is 2.28. The molecule has 1 aliphatic heterocycles. The first-order valence-corrected chi connectivity index (χ1v) is 11.2. The summed E-state index contributed by atoms with van der Waals surface area (Å²) < 4.78 is 0. The van der Waals surface area contributed by atoms with E-state index >= 15 is 0 Å². The Balaban J connectivity index is 1.62. The van der Waals surface area contributed by atoms with Gasteiger partial charge in [0, 0.05) is 30.6 Å². The average molecular weight is 423 g/mol. The van der Waals surface area contributed by atoms with Gasteiger partial charge >= 0.3 is 0 Å². The van der Waals surface area contributed by atoms with Gasteiger partial charge in [-0.2, -0.15) is 5.10 Å². The van der Waals surface area contributed by atoms with Crippen LogP contribution in [0, 0.1) is 24.7 Å². The quantitative estimate of drug-likeness (QED) is 0.333. The maximum atomic E-state index is 5.35. The third-order valence-corrected chi connectivity index (χ3v) is 6.41. The van der Waals surface area contributed by atoms with Crippen molar-refractivity contribution in [2.75, 3.05) is 19.6 Å². The molecule has 158 valence electrons. The van der Waals surface area contributed by atoms with Crippen LogP contribution in [0.25, 0.3) is 10.6 Å². The molecular weight excluding hydrogens is 392 g/mol. The van der Waals surface area contributed by atoms with E-state index in [1.807, 2.05) is 13.8 Å². The number of guanidine groups is 1. The molecule has 0 saturated carbocycles. The minimum Gasteiger partial charge on any atom is -0.369 e. The molecule has 1 aromatic carbocycles. The van der Waals surface area contributed by atoms with E-state index in [9.17, 15) is 0 Å². The van der Waals surface area contributed by atoms with E-state index in [1.165, 1.54) is 25.9 Å². The Kier molecular flexibility index (Phi) is 7.61. The lowest BCUT2D eigenvalue weighted by molar-refractivity contribution is 0.188. The molecule has 0 amide bonds. The number of thiazole rings is 1. The monoisotopic (exact) mass is 422 g/mol. The molecule has 7 heteroatoms. The molecule has 6 nitrogen and oxygen atoms in total. The van der Waals surface area contributed by atoms with E-state index in [4.69, 9.17) is 11.5 Å². The average Bonchev–Trinajstić information content (AvgIpc) is 3.11. The Morgan fingerprint density at radius 3 is 2.73 bits per heavy atom. The lowest BCUT2D eigenvalue weighted by atomic mass is 10.0. The summed E-state index contributed by atoms with van der Waals surface area (Å²) >= 11 is 1.58. The van der Waals surface area contributed by atoms with Crippen LogP contribution in [0.3, 0.4) is 0 Å². The lowest BCUT2D eigenvalue weighted by Crippen LogP contribution is -2.34. The van der Waals surface area contributed by atoms with Crippen molar-refractivity contribution in [3.05, 3.63) is 40.4 Å². The van der Waals surface area contributed by atoms with Crippen molar-refractivity contribution >= 4 is 23.0 Å². The Morgan fingerprint density at radius 2 is 2.03 bits per heavy atom. The highest BCUT2D eigenvalue weighted by atomic mass is 32.1. The highest BCUT2D eigenvalue weighted by Gasteiger charge is 2.15. The second-order valence-electron chi connectivity index (χ2n) is 7.82. The van der Waals surface area contributed by atoms with Gasteiger partial charge in [0.25, 0.3) is 0 Å². The summed E-state index contributed by atoms with van der Waals surface area (Å²) in [7, 11) is 0. The topological polar surface area (TPSA) is 92.9 Å². The normalized spacial score (nSPS) is 17.3. The van der Waals surface area contributed by atoms with Gasteiger partial charge in [0.15, 0.2) is 0 Å². The maximum absolute atomic E-state index is 5.35. The number of nitrogens with zero attached hydrogens (tertiary/aromatic N) is 4. The zero-order valence-corrected chi connectivity index (χ0v) is 18.8. The molecule has 3 rings (SSSR count). The molecule has 4 N–H and O–H groups in total. The van der Waals surface area contributed by atoms with Crippen molar-refractivity contribution in [2.45, 2.75) is 40.0 Å². The van der Waals surface area contributed by atoms with Crippen molar-refractivity contribution in [1.82, 2.24) is 9.88 Å². The van der Waals surface area contributed by atoms with Gasteiger partial charge in [0.2, 0.25) is 5.96 Å². The number of rotatable bonds is 5. The van der Waals surface area contributed by atoms with E-state index in [0.29, 0.717) is 0 Å². The molecule has 30 heavy (non-hydrogen) atoms. The van der Waals surface area contributed by atoms with Gasteiger partial charge in [-0.3, -0.25) is 0 Å². The summed E-state index contributed by atoms with van der Waals surface area (Å²) in [5.74, 6) is 7.37. The van der Waals surface area contributed by atoms with Crippen molar-refractivity contribution in [2.24, 2.45) is 27.6 Å². The van der Waals surface area contributed by atoms with E-state index in [0.717, 1.165) is 51.3 Å². The van der Waals surface area contributed by atoms with E-state index in [1.54, 1.807) is 11.3 Å². The zero-order valence-electron chi connectivity index (χ0n) is 18.0. The molecule has 0 aliphatic carbocycles. The molecule has 0 spiro atoms. The molecule has 1 aromatic heterocycles. The predicted octanol–water partition coefficient (Wildman–Crippen LogP) is 3.59. The van der Waals surface area contributed by atoms with Gasteiger partial charge < -0.3 is 16.4 Å². The molecule has 1 aliphatic rings. The van der Waals surface area contributed by atoms with E-state index < -0.39 is 0 Å². The molecule has 0 radical (unpaired) electrons. The fourth-order valence-corrected chi connectivity index (χ4v) is 4.61. The summed E-state index contributed by atoms with van der Waals surface area (Å²) in [6.07, 6.45) is 3.59. The van der Waals surface area contributed by atoms with Crippen LogP contribution in [0.4, 0.5) is 0 Å². The largest absolute Gasteiger partial charge is 0.369 e. The summed E-state index contributed by atoms with van der Waals surface area (Å²) in [5, 5.41) is 8.73. The first-order chi connectivity index (χ1) is 14.4.